The number of aryl methyl sites for hydroxylation is 1. The van der Waals surface area contributed by atoms with Gasteiger partial charge in [-0.3, -0.25) is 0 Å². The first kappa shape index (κ1) is 14.9. The molecule has 3 N–H and O–H groups in total. The number of carboxylic acids is 1. The number of hydrogen-bond donors (Lipinski definition) is 3. The van der Waals surface area contributed by atoms with Gasteiger partial charge in [0.1, 0.15) is 5.01 Å². The highest BCUT2D eigenvalue weighted by atomic mass is 32.1. The second kappa shape index (κ2) is 6.79. The molecule has 0 saturated carbocycles. The second-order valence-electron chi connectivity index (χ2n) is 4.15. The standard InChI is InChI=1S/C11H14N6O3S/c1-7-4-13-9(21-7)5-14-11(20)12-2-3-17-6-8(10(18)19)15-16-17/h4,6H,2-3,5H2,1H3,(H,18,19)(H2,12,14,20). The Morgan fingerprint density at radius 3 is 2.86 bits per heavy atom. The van der Waals surface area contributed by atoms with E-state index in [0.29, 0.717) is 19.6 Å². The highest BCUT2D eigenvalue weighted by Gasteiger charge is 2.08. The molecule has 0 bridgehead atoms. The number of nitrogens with one attached hydrogen (secondary N) is 2. The van der Waals surface area contributed by atoms with Crippen molar-refractivity contribution in [1.82, 2.24) is 30.6 Å². The highest BCUT2D eigenvalue weighted by molar-refractivity contribution is 7.11. The van der Waals surface area contributed by atoms with E-state index in [1.165, 1.54) is 22.2 Å². The van der Waals surface area contributed by atoms with Crippen LogP contribution in [0.2, 0.25) is 0 Å². The Labute approximate surface area is 124 Å². The van der Waals surface area contributed by atoms with Crippen molar-refractivity contribution >= 4 is 23.3 Å². The van der Waals surface area contributed by atoms with E-state index in [-0.39, 0.29) is 11.7 Å². The van der Waals surface area contributed by atoms with Gasteiger partial charge in [0.2, 0.25) is 0 Å². The summed E-state index contributed by atoms with van der Waals surface area (Å²) < 4.78 is 1.36. The lowest BCUT2D eigenvalue weighted by Gasteiger charge is -2.05. The average Bonchev–Trinajstić information content (AvgIpc) is 3.05. The molecule has 21 heavy (non-hydrogen) atoms. The maximum absolute atomic E-state index is 11.5. The Hall–Kier alpha value is -2.49. The molecule has 2 rings (SSSR count). The molecule has 0 aromatic carbocycles. The molecule has 0 atom stereocenters. The Morgan fingerprint density at radius 1 is 1.43 bits per heavy atom. The molecule has 112 valence electrons. The van der Waals surface area contributed by atoms with Crippen molar-refractivity contribution in [3.05, 3.63) is 28.0 Å². The number of rotatable bonds is 6. The van der Waals surface area contributed by atoms with E-state index in [1.807, 2.05) is 6.92 Å². The van der Waals surface area contributed by atoms with Crippen molar-refractivity contribution in [3.8, 4) is 0 Å². The van der Waals surface area contributed by atoms with E-state index in [1.54, 1.807) is 6.20 Å². The molecule has 0 saturated heterocycles. The van der Waals surface area contributed by atoms with Crippen molar-refractivity contribution in [2.24, 2.45) is 0 Å². The van der Waals surface area contributed by atoms with Crippen LogP contribution in [-0.2, 0) is 13.1 Å². The number of thiazole rings is 1. The minimum absolute atomic E-state index is 0.126. The van der Waals surface area contributed by atoms with Crippen LogP contribution in [0, 0.1) is 6.92 Å². The van der Waals surface area contributed by atoms with Crippen LogP contribution < -0.4 is 10.6 Å². The van der Waals surface area contributed by atoms with E-state index >= 15 is 0 Å². The van der Waals surface area contributed by atoms with Gasteiger partial charge in [-0.2, -0.15) is 0 Å². The molecule has 0 aliphatic rings. The Morgan fingerprint density at radius 2 is 2.24 bits per heavy atom. The third kappa shape index (κ3) is 4.53. The maximum atomic E-state index is 11.5. The van der Waals surface area contributed by atoms with Gasteiger partial charge in [-0.05, 0) is 6.92 Å². The van der Waals surface area contributed by atoms with Crippen molar-refractivity contribution in [3.63, 3.8) is 0 Å². The lowest BCUT2D eigenvalue weighted by Crippen LogP contribution is -2.36. The lowest BCUT2D eigenvalue weighted by molar-refractivity contribution is 0.0690. The van der Waals surface area contributed by atoms with Gasteiger partial charge in [0.15, 0.2) is 5.69 Å². The Kier molecular flexibility index (Phi) is 4.82. The summed E-state index contributed by atoms with van der Waals surface area (Å²) in [6.07, 6.45) is 3.06. The summed E-state index contributed by atoms with van der Waals surface area (Å²) in [4.78, 5) is 27.4. The molecule has 2 aromatic rings. The molecule has 2 aromatic heterocycles. The van der Waals surface area contributed by atoms with Crippen molar-refractivity contribution < 1.29 is 14.7 Å². The average molecular weight is 310 g/mol. The van der Waals surface area contributed by atoms with Gasteiger partial charge >= 0.3 is 12.0 Å². The summed E-state index contributed by atoms with van der Waals surface area (Å²) in [5, 5.41) is 22.0. The number of amides is 2. The summed E-state index contributed by atoms with van der Waals surface area (Å²) in [5.74, 6) is -1.13. The van der Waals surface area contributed by atoms with Crippen molar-refractivity contribution in [2.45, 2.75) is 20.0 Å². The van der Waals surface area contributed by atoms with Gasteiger partial charge in [-0.25, -0.2) is 19.3 Å². The van der Waals surface area contributed by atoms with Crippen LogP contribution >= 0.6 is 11.3 Å². The van der Waals surface area contributed by atoms with Crippen LogP contribution in [0.3, 0.4) is 0 Å². The Bertz CT molecular complexity index is 637. The summed E-state index contributed by atoms with van der Waals surface area (Å²) >= 11 is 1.52. The van der Waals surface area contributed by atoms with Crippen LogP contribution in [0.1, 0.15) is 20.4 Å². The molecule has 0 aliphatic carbocycles. The number of carbonyl (C=O) groups excluding carboxylic acids is 1. The van der Waals surface area contributed by atoms with E-state index in [2.05, 4.69) is 25.9 Å². The first-order valence-electron chi connectivity index (χ1n) is 6.11. The molecule has 10 heteroatoms. The van der Waals surface area contributed by atoms with Gasteiger partial charge in [-0.15, -0.1) is 16.4 Å². The zero-order chi connectivity index (χ0) is 15.2. The first-order valence-corrected chi connectivity index (χ1v) is 6.92. The summed E-state index contributed by atoms with van der Waals surface area (Å²) in [6.45, 7) is 2.97. The van der Waals surface area contributed by atoms with Gasteiger partial charge in [0, 0.05) is 17.6 Å². The van der Waals surface area contributed by atoms with Gasteiger partial charge < -0.3 is 15.7 Å². The van der Waals surface area contributed by atoms with Crippen LogP contribution in [0.4, 0.5) is 4.79 Å². The number of carboxylic acid groups (broad SMARTS) is 1. The SMILES string of the molecule is Cc1cnc(CNC(=O)NCCn2cc(C(=O)O)nn2)s1. The first-order chi connectivity index (χ1) is 10.0. The van der Waals surface area contributed by atoms with Gasteiger partial charge in [0.25, 0.3) is 0 Å². The molecule has 2 heterocycles. The topological polar surface area (TPSA) is 122 Å². The zero-order valence-electron chi connectivity index (χ0n) is 11.2. The van der Waals surface area contributed by atoms with Crippen LogP contribution in [0.15, 0.2) is 12.4 Å². The minimum atomic E-state index is -1.13. The largest absolute Gasteiger partial charge is 0.476 e. The number of urea groups is 1. The molecular weight excluding hydrogens is 296 g/mol. The number of nitrogens with zero attached hydrogens (tertiary/aromatic N) is 4. The quantitative estimate of drug-likeness (QED) is 0.702. The molecule has 0 unspecified atom stereocenters. The molecular formula is C11H14N6O3S. The monoisotopic (exact) mass is 310 g/mol. The smallest absolute Gasteiger partial charge is 0.358 e. The molecule has 2 amide bonds. The number of aromatic carboxylic acids is 1. The predicted molar refractivity (Wildman–Crippen MR) is 74.1 cm³/mol. The fraction of sp³-hybridized carbons (Fsp3) is 0.364. The fourth-order valence-corrected chi connectivity index (χ4v) is 2.22. The van der Waals surface area contributed by atoms with Gasteiger partial charge in [-0.1, -0.05) is 5.21 Å². The van der Waals surface area contributed by atoms with Gasteiger partial charge in [0.05, 0.1) is 19.3 Å². The molecule has 0 radical (unpaired) electrons. The fourth-order valence-electron chi connectivity index (χ4n) is 1.49. The molecule has 0 fully saturated rings. The normalized spacial score (nSPS) is 10.3. The summed E-state index contributed by atoms with van der Waals surface area (Å²) in [7, 11) is 0. The van der Waals surface area contributed by atoms with Crippen molar-refractivity contribution in [2.75, 3.05) is 6.54 Å². The van der Waals surface area contributed by atoms with Crippen LogP contribution in [0.25, 0.3) is 0 Å². The minimum Gasteiger partial charge on any atom is -0.476 e. The number of hydrogen-bond acceptors (Lipinski definition) is 6. The van der Waals surface area contributed by atoms with Crippen molar-refractivity contribution in [1.29, 1.82) is 0 Å². The highest BCUT2D eigenvalue weighted by Crippen LogP contribution is 2.10. The lowest BCUT2D eigenvalue weighted by atomic mass is 10.5. The second-order valence-corrected chi connectivity index (χ2v) is 5.47. The predicted octanol–water partition coefficient (Wildman–Crippen LogP) is 0.241. The Balaban J connectivity index is 1.67. The van der Waals surface area contributed by atoms with E-state index < -0.39 is 5.97 Å². The molecule has 9 nitrogen and oxygen atoms in total. The van der Waals surface area contributed by atoms with Crippen LogP contribution in [-0.4, -0.2) is 43.6 Å². The summed E-state index contributed by atoms with van der Waals surface area (Å²) in [6, 6.07) is -0.318. The zero-order valence-corrected chi connectivity index (χ0v) is 12.1. The molecule has 0 aliphatic heterocycles. The van der Waals surface area contributed by atoms with Crippen LogP contribution in [0.5, 0.6) is 0 Å². The number of aromatic nitrogens is 4. The van der Waals surface area contributed by atoms with E-state index in [4.69, 9.17) is 5.11 Å². The van der Waals surface area contributed by atoms with E-state index in [9.17, 15) is 9.59 Å². The third-order valence-electron chi connectivity index (χ3n) is 2.45. The maximum Gasteiger partial charge on any atom is 0.358 e. The third-order valence-corrected chi connectivity index (χ3v) is 3.37. The summed E-state index contributed by atoms with van der Waals surface area (Å²) in [5.41, 5.74) is -0.126. The number of carbonyl (C=O) groups is 2. The van der Waals surface area contributed by atoms with E-state index in [0.717, 1.165) is 9.88 Å². The molecule has 0 spiro atoms.